The van der Waals surface area contributed by atoms with Crippen molar-refractivity contribution in [3.05, 3.63) is 21.0 Å². The van der Waals surface area contributed by atoms with E-state index in [0.29, 0.717) is 0 Å². The second kappa shape index (κ2) is 4.06. The van der Waals surface area contributed by atoms with E-state index in [4.69, 9.17) is 5.73 Å². The molecule has 1 aromatic heterocycles. The number of anilines is 1. The van der Waals surface area contributed by atoms with E-state index in [1.165, 1.54) is 22.6 Å². The lowest BCUT2D eigenvalue weighted by Gasteiger charge is -2.14. The van der Waals surface area contributed by atoms with Crippen molar-refractivity contribution in [3.8, 4) is 0 Å². The Labute approximate surface area is 94.8 Å². The lowest BCUT2D eigenvalue weighted by molar-refractivity contribution is -0.139. The smallest absolute Gasteiger partial charge is 0.398 e. The van der Waals surface area contributed by atoms with Crippen molar-refractivity contribution in [3.63, 3.8) is 0 Å². The molecule has 0 aliphatic carbocycles. The summed E-state index contributed by atoms with van der Waals surface area (Å²) in [5, 5.41) is 0. The molecule has 0 amide bonds. The Morgan fingerprint density at radius 2 is 1.87 bits per heavy atom. The first kappa shape index (κ1) is 12.4. The molecule has 0 atom stereocenters. The first-order valence-electron chi connectivity index (χ1n) is 3.54. The van der Waals surface area contributed by atoms with Crippen LogP contribution in [0.15, 0.2) is 6.07 Å². The molecule has 0 aliphatic heterocycles. The van der Waals surface area contributed by atoms with E-state index in [2.05, 4.69) is 4.98 Å². The number of alkyl halides is 5. The number of nitrogen functional groups attached to an aromatic ring is 1. The second-order valence-electron chi connectivity index (χ2n) is 2.59. The number of nitrogens with zero attached hydrogens (tertiary/aromatic N) is 1. The van der Waals surface area contributed by atoms with Gasteiger partial charge in [0.25, 0.3) is 6.43 Å². The number of halogens is 6. The molecule has 0 unspecified atom stereocenters. The van der Waals surface area contributed by atoms with Crippen LogP contribution in [-0.4, -0.2) is 4.98 Å². The van der Waals surface area contributed by atoms with Gasteiger partial charge < -0.3 is 5.73 Å². The SMILES string of the molecule is Nc1cc(I)nc(C(F)F)c1C(F)(F)F. The van der Waals surface area contributed by atoms with Crippen LogP contribution in [0.2, 0.25) is 0 Å². The van der Waals surface area contributed by atoms with Crippen LogP contribution in [0.3, 0.4) is 0 Å². The van der Waals surface area contributed by atoms with E-state index >= 15 is 0 Å². The zero-order valence-corrected chi connectivity index (χ0v) is 9.10. The van der Waals surface area contributed by atoms with Gasteiger partial charge in [-0.3, -0.25) is 0 Å². The minimum atomic E-state index is -4.92. The van der Waals surface area contributed by atoms with E-state index in [9.17, 15) is 22.0 Å². The van der Waals surface area contributed by atoms with Crippen molar-refractivity contribution < 1.29 is 22.0 Å². The third-order valence-corrected chi connectivity index (χ3v) is 2.09. The Balaban J connectivity index is 3.48. The summed E-state index contributed by atoms with van der Waals surface area (Å²) in [6, 6.07) is 0.898. The monoisotopic (exact) mass is 338 g/mol. The summed E-state index contributed by atoms with van der Waals surface area (Å²) < 4.78 is 61.6. The Morgan fingerprint density at radius 1 is 1.33 bits per heavy atom. The molecule has 15 heavy (non-hydrogen) atoms. The highest BCUT2D eigenvalue weighted by Gasteiger charge is 2.39. The largest absolute Gasteiger partial charge is 0.420 e. The van der Waals surface area contributed by atoms with Crippen molar-refractivity contribution >= 4 is 28.3 Å². The van der Waals surface area contributed by atoms with Crippen LogP contribution < -0.4 is 5.73 Å². The summed E-state index contributed by atoms with van der Waals surface area (Å²) >= 11 is 1.52. The molecular weight excluding hydrogens is 334 g/mol. The van der Waals surface area contributed by atoms with Gasteiger partial charge in [0.15, 0.2) is 0 Å². The molecule has 0 radical (unpaired) electrons. The van der Waals surface area contributed by atoms with Gasteiger partial charge in [-0.2, -0.15) is 13.2 Å². The van der Waals surface area contributed by atoms with E-state index in [-0.39, 0.29) is 3.70 Å². The molecule has 1 heterocycles. The van der Waals surface area contributed by atoms with Crippen LogP contribution in [0.1, 0.15) is 17.7 Å². The zero-order chi connectivity index (χ0) is 11.8. The molecule has 1 aromatic rings. The highest BCUT2D eigenvalue weighted by Crippen LogP contribution is 2.39. The summed E-state index contributed by atoms with van der Waals surface area (Å²) in [5.74, 6) is 0. The van der Waals surface area contributed by atoms with Crippen molar-refractivity contribution in [2.24, 2.45) is 0 Å². The Hall–Kier alpha value is -0.670. The van der Waals surface area contributed by atoms with E-state index in [1.807, 2.05) is 0 Å². The number of hydrogen-bond donors (Lipinski definition) is 1. The van der Waals surface area contributed by atoms with Crippen LogP contribution in [0, 0.1) is 3.70 Å². The summed E-state index contributed by atoms with van der Waals surface area (Å²) in [6.07, 6.45) is -8.23. The molecule has 84 valence electrons. The molecule has 1 rings (SSSR count). The third kappa shape index (κ3) is 2.67. The highest BCUT2D eigenvalue weighted by molar-refractivity contribution is 14.1. The molecule has 0 saturated heterocycles. The van der Waals surface area contributed by atoms with Crippen LogP contribution in [0.4, 0.5) is 27.6 Å². The van der Waals surface area contributed by atoms with Crippen LogP contribution in [0.25, 0.3) is 0 Å². The predicted molar refractivity (Wildman–Crippen MR) is 51.3 cm³/mol. The molecule has 2 N–H and O–H groups in total. The highest BCUT2D eigenvalue weighted by atomic mass is 127. The fraction of sp³-hybridized carbons (Fsp3) is 0.286. The molecule has 0 spiro atoms. The average Bonchev–Trinajstić information content (AvgIpc) is 1.99. The Bertz CT molecular complexity index is 376. The molecule has 0 fully saturated rings. The minimum absolute atomic E-state index is 0.00611. The molecule has 2 nitrogen and oxygen atoms in total. The van der Waals surface area contributed by atoms with Crippen molar-refractivity contribution in [2.75, 3.05) is 5.73 Å². The maximum absolute atomic E-state index is 12.3. The van der Waals surface area contributed by atoms with E-state index in [1.54, 1.807) is 0 Å². The van der Waals surface area contributed by atoms with Gasteiger partial charge in [0, 0.05) is 5.69 Å². The molecule has 0 bridgehead atoms. The average molecular weight is 338 g/mol. The van der Waals surface area contributed by atoms with Crippen molar-refractivity contribution in [2.45, 2.75) is 12.6 Å². The molecule has 0 saturated carbocycles. The standard InChI is InChI=1S/C7H4F5IN2/c8-6(9)5-4(7(10,11)12)2(14)1-3(13)15-5/h1,6H,(H2,14,15). The summed E-state index contributed by atoms with van der Waals surface area (Å²) in [6.45, 7) is 0. The molecule has 8 heteroatoms. The van der Waals surface area contributed by atoms with Crippen LogP contribution >= 0.6 is 22.6 Å². The second-order valence-corrected chi connectivity index (χ2v) is 3.70. The zero-order valence-electron chi connectivity index (χ0n) is 6.95. The van der Waals surface area contributed by atoms with Gasteiger partial charge in [0.2, 0.25) is 0 Å². The van der Waals surface area contributed by atoms with Crippen LogP contribution in [-0.2, 0) is 6.18 Å². The summed E-state index contributed by atoms with van der Waals surface area (Å²) in [4.78, 5) is 3.14. The first-order valence-corrected chi connectivity index (χ1v) is 4.62. The fourth-order valence-electron chi connectivity index (χ4n) is 1.02. The number of pyridine rings is 1. The molecule has 0 aliphatic rings. The first-order chi connectivity index (χ1) is 6.73. The summed E-state index contributed by atoms with van der Waals surface area (Å²) in [5.41, 5.74) is 1.42. The minimum Gasteiger partial charge on any atom is -0.398 e. The normalized spacial score (nSPS) is 12.2. The maximum atomic E-state index is 12.3. The fourth-order valence-corrected chi connectivity index (χ4v) is 1.61. The number of aromatic nitrogens is 1. The van der Waals surface area contributed by atoms with Gasteiger partial charge in [0.05, 0.1) is 0 Å². The van der Waals surface area contributed by atoms with Crippen LogP contribution in [0.5, 0.6) is 0 Å². The molecule has 0 aromatic carbocycles. The van der Waals surface area contributed by atoms with E-state index < -0.39 is 29.5 Å². The van der Waals surface area contributed by atoms with Gasteiger partial charge in [-0.05, 0) is 28.7 Å². The Morgan fingerprint density at radius 3 is 2.27 bits per heavy atom. The number of rotatable bonds is 1. The lowest BCUT2D eigenvalue weighted by Crippen LogP contribution is -2.15. The van der Waals surface area contributed by atoms with Gasteiger partial charge in [-0.25, -0.2) is 13.8 Å². The maximum Gasteiger partial charge on any atom is 0.420 e. The number of hydrogen-bond acceptors (Lipinski definition) is 2. The van der Waals surface area contributed by atoms with E-state index in [0.717, 1.165) is 6.07 Å². The third-order valence-electron chi connectivity index (χ3n) is 1.54. The van der Waals surface area contributed by atoms with Gasteiger partial charge in [-0.1, -0.05) is 0 Å². The van der Waals surface area contributed by atoms with Crippen molar-refractivity contribution in [1.29, 1.82) is 0 Å². The lowest BCUT2D eigenvalue weighted by atomic mass is 10.1. The quantitative estimate of drug-likeness (QED) is 0.485. The van der Waals surface area contributed by atoms with Crippen molar-refractivity contribution in [1.82, 2.24) is 4.98 Å². The Kier molecular flexibility index (Phi) is 3.36. The number of nitrogens with two attached hydrogens (primary N) is 1. The topological polar surface area (TPSA) is 38.9 Å². The van der Waals surface area contributed by atoms with Gasteiger partial charge in [-0.15, -0.1) is 0 Å². The predicted octanol–water partition coefficient (Wildman–Crippen LogP) is 3.22. The summed E-state index contributed by atoms with van der Waals surface area (Å²) in [7, 11) is 0. The van der Waals surface area contributed by atoms with Gasteiger partial charge >= 0.3 is 6.18 Å². The van der Waals surface area contributed by atoms with Gasteiger partial charge in [0.1, 0.15) is 15.0 Å². The molecular formula is C7H4F5IN2.